The monoisotopic (exact) mass is 285 g/mol. The second kappa shape index (κ2) is 4.55. The highest BCUT2D eigenvalue weighted by molar-refractivity contribution is 7.89. The summed E-state index contributed by atoms with van der Waals surface area (Å²) in [6, 6.07) is 5.34. The van der Waals surface area contributed by atoms with E-state index in [0.29, 0.717) is 6.42 Å². The molecule has 1 atom stereocenters. The molecule has 1 unspecified atom stereocenters. The molecule has 1 aliphatic heterocycles. The van der Waals surface area contributed by atoms with Crippen LogP contribution in [-0.4, -0.2) is 36.3 Å². The van der Waals surface area contributed by atoms with Crippen LogP contribution in [0.1, 0.15) is 13.3 Å². The summed E-state index contributed by atoms with van der Waals surface area (Å²) in [5.41, 5.74) is 4.90. The fourth-order valence-electron chi connectivity index (χ4n) is 2.11. The van der Waals surface area contributed by atoms with Crippen molar-refractivity contribution in [2.45, 2.75) is 23.8 Å². The summed E-state index contributed by atoms with van der Waals surface area (Å²) < 4.78 is 26.0. The summed E-state index contributed by atoms with van der Waals surface area (Å²) in [6.07, 6.45) is 0.535. The maximum Gasteiger partial charge on any atom is 0.289 e. The van der Waals surface area contributed by atoms with Gasteiger partial charge in [-0.3, -0.25) is 10.1 Å². The van der Waals surface area contributed by atoms with Crippen LogP contribution in [0.3, 0.4) is 0 Å². The normalized spacial score (nSPS) is 24.5. The van der Waals surface area contributed by atoms with E-state index in [1.54, 1.807) is 6.92 Å². The molecule has 1 aromatic rings. The number of nitro groups is 1. The van der Waals surface area contributed by atoms with Crippen molar-refractivity contribution in [3.63, 3.8) is 0 Å². The molecule has 0 spiro atoms. The Balaban J connectivity index is 2.44. The minimum Gasteiger partial charge on any atom is -0.324 e. The molecule has 1 heterocycles. The van der Waals surface area contributed by atoms with Gasteiger partial charge in [0.25, 0.3) is 5.69 Å². The third kappa shape index (κ3) is 2.60. The van der Waals surface area contributed by atoms with Crippen LogP contribution in [0.25, 0.3) is 0 Å². The standard InChI is InChI=1S/C11H15N3O4S/c1-11(12)6-7-13(8-11)19(17,18)10-5-3-2-4-9(10)14(15)16/h2-5H,6-8,12H2,1H3. The Morgan fingerprint density at radius 1 is 1.42 bits per heavy atom. The summed E-state index contributed by atoms with van der Waals surface area (Å²) in [4.78, 5) is 9.94. The van der Waals surface area contributed by atoms with Crippen LogP contribution >= 0.6 is 0 Å². The Morgan fingerprint density at radius 3 is 2.58 bits per heavy atom. The molecular weight excluding hydrogens is 270 g/mol. The van der Waals surface area contributed by atoms with Crippen molar-refractivity contribution in [2.75, 3.05) is 13.1 Å². The van der Waals surface area contributed by atoms with Crippen LogP contribution in [0.2, 0.25) is 0 Å². The highest BCUT2D eigenvalue weighted by Gasteiger charge is 2.39. The predicted molar refractivity (Wildman–Crippen MR) is 69.1 cm³/mol. The maximum absolute atomic E-state index is 12.4. The van der Waals surface area contributed by atoms with Crippen LogP contribution in [0, 0.1) is 10.1 Å². The Hall–Kier alpha value is -1.51. The van der Waals surface area contributed by atoms with E-state index >= 15 is 0 Å². The third-order valence-corrected chi connectivity index (χ3v) is 5.04. The SMILES string of the molecule is CC1(N)CCN(S(=O)(=O)c2ccccc2[N+](=O)[O-])C1. The van der Waals surface area contributed by atoms with E-state index < -0.39 is 26.2 Å². The average Bonchev–Trinajstić information content (AvgIpc) is 2.70. The summed E-state index contributed by atoms with van der Waals surface area (Å²) in [7, 11) is -3.87. The van der Waals surface area contributed by atoms with E-state index in [9.17, 15) is 18.5 Å². The van der Waals surface area contributed by atoms with Crippen LogP contribution in [0.15, 0.2) is 29.2 Å². The summed E-state index contributed by atoms with van der Waals surface area (Å²) >= 11 is 0. The zero-order chi connectivity index (χ0) is 14.3. The van der Waals surface area contributed by atoms with E-state index in [4.69, 9.17) is 5.73 Å². The topological polar surface area (TPSA) is 107 Å². The number of para-hydroxylation sites is 1. The van der Waals surface area contributed by atoms with Gasteiger partial charge in [-0.15, -0.1) is 0 Å². The molecule has 0 aliphatic carbocycles. The van der Waals surface area contributed by atoms with Crippen LogP contribution < -0.4 is 5.73 Å². The van der Waals surface area contributed by atoms with Gasteiger partial charge >= 0.3 is 0 Å². The number of benzene rings is 1. The smallest absolute Gasteiger partial charge is 0.289 e. The molecule has 7 nitrogen and oxygen atoms in total. The first kappa shape index (κ1) is 13.9. The van der Waals surface area contributed by atoms with E-state index in [0.717, 1.165) is 0 Å². The largest absolute Gasteiger partial charge is 0.324 e. The Morgan fingerprint density at radius 2 is 2.05 bits per heavy atom. The van der Waals surface area contributed by atoms with E-state index in [-0.39, 0.29) is 18.0 Å². The van der Waals surface area contributed by atoms with E-state index in [1.807, 2.05) is 0 Å². The number of hydrogen-bond donors (Lipinski definition) is 1. The van der Waals surface area contributed by atoms with Gasteiger partial charge in [0.1, 0.15) is 0 Å². The number of hydrogen-bond acceptors (Lipinski definition) is 5. The molecule has 2 rings (SSSR count). The van der Waals surface area contributed by atoms with Crippen molar-refractivity contribution in [2.24, 2.45) is 5.73 Å². The lowest BCUT2D eigenvalue weighted by atomic mass is 10.0. The first-order chi connectivity index (χ1) is 8.74. The second-order valence-corrected chi connectivity index (χ2v) is 6.87. The molecule has 0 aromatic heterocycles. The molecule has 1 aromatic carbocycles. The van der Waals surface area contributed by atoms with Crippen molar-refractivity contribution < 1.29 is 13.3 Å². The molecule has 1 aliphatic rings. The lowest BCUT2D eigenvalue weighted by Gasteiger charge is -2.19. The number of nitro benzene ring substituents is 1. The molecular formula is C11H15N3O4S. The molecule has 0 amide bonds. The van der Waals surface area contributed by atoms with Gasteiger partial charge in [0, 0.05) is 24.7 Å². The minimum absolute atomic E-state index is 0.168. The molecule has 0 bridgehead atoms. The molecule has 1 saturated heterocycles. The van der Waals surface area contributed by atoms with Gasteiger partial charge < -0.3 is 5.73 Å². The quantitative estimate of drug-likeness (QED) is 0.650. The number of nitrogens with two attached hydrogens (primary N) is 1. The molecule has 1 fully saturated rings. The molecule has 19 heavy (non-hydrogen) atoms. The highest BCUT2D eigenvalue weighted by Crippen LogP contribution is 2.30. The number of nitrogens with zero attached hydrogens (tertiary/aromatic N) is 2. The molecule has 8 heteroatoms. The minimum atomic E-state index is -3.87. The zero-order valence-electron chi connectivity index (χ0n) is 10.4. The molecule has 0 saturated carbocycles. The van der Waals surface area contributed by atoms with Gasteiger partial charge in [-0.2, -0.15) is 4.31 Å². The lowest BCUT2D eigenvalue weighted by Crippen LogP contribution is -2.40. The Labute approximate surface area is 111 Å². The van der Waals surface area contributed by atoms with Crippen molar-refractivity contribution in [3.8, 4) is 0 Å². The van der Waals surface area contributed by atoms with Crippen LogP contribution in [-0.2, 0) is 10.0 Å². The fraction of sp³-hybridized carbons (Fsp3) is 0.455. The van der Waals surface area contributed by atoms with E-state index in [1.165, 1.54) is 28.6 Å². The number of sulfonamides is 1. The van der Waals surface area contributed by atoms with Crippen LogP contribution in [0.4, 0.5) is 5.69 Å². The lowest BCUT2D eigenvalue weighted by molar-refractivity contribution is -0.387. The molecule has 104 valence electrons. The van der Waals surface area contributed by atoms with Gasteiger partial charge in [-0.1, -0.05) is 12.1 Å². The van der Waals surface area contributed by atoms with Crippen molar-refractivity contribution in [1.29, 1.82) is 0 Å². The van der Waals surface area contributed by atoms with Gasteiger partial charge in [0.2, 0.25) is 10.0 Å². The van der Waals surface area contributed by atoms with Gasteiger partial charge in [0.15, 0.2) is 4.90 Å². The third-order valence-electron chi connectivity index (χ3n) is 3.15. The zero-order valence-corrected chi connectivity index (χ0v) is 11.3. The summed E-state index contributed by atoms with van der Waals surface area (Å²) in [5.74, 6) is 0. The average molecular weight is 285 g/mol. The summed E-state index contributed by atoms with van der Waals surface area (Å²) in [6.45, 7) is 2.21. The van der Waals surface area contributed by atoms with Crippen molar-refractivity contribution >= 4 is 15.7 Å². The van der Waals surface area contributed by atoms with Crippen LogP contribution in [0.5, 0.6) is 0 Å². The number of rotatable bonds is 3. The maximum atomic E-state index is 12.4. The first-order valence-corrected chi connectivity index (χ1v) is 7.20. The van der Waals surface area contributed by atoms with Crippen molar-refractivity contribution in [1.82, 2.24) is 4.31 Å². The Bertz CT molecular complexity index is 612. The molecule has 2 N–H and O–H groups in total. The van der Waals surface area contributed by atoms with Gasteiger partial charge in [-0.25, -0.2) is 8.42 Å². The second-order valence-electron chi connectivity index (χ2n) is 4.97. The van der Waals surface area contributed by atoms with Crippen molar-refractivity contribution in [3.05, 3.63) is 34.4 Å². The van der Waals surface area contributed by atoms with Gasteiger partial charge in [0.05, 0.1) is 4.92 Å². The van der Waals surface area contributed by atoms with E-state index in [2.05, 4.69) is 0 Å². The summed E-state index contributed by atoms with van der Waals surface area (Å²) in [5, 5.41) is 10.9. The fourth-order valence-corrected chi connectivity index (χ4v) is 3.84. The highest BCUT2D eigenvalue weighted by atomic mass is 32.2. The Kier molecular flexibility index (Phi) is 3.33. The van der Waals surface area contributed by atoms with Gasteiger partial charge in [-0.05, 0) is 19.4 Å². The predicted octanol–water partition coefficient (Wildman–Crippen LogP) is 0.707. The molecule has 0 radical (unpaired) electrons. The first-order valence-electron chi connectivity index (χ1n) is 5.76.